The van der Waals surface area contributed by atoms with Crippen LogP contribution in [0, 0.1) is 0 Å². The van der Waals surface area contributed by atoms with Crippen LogP contribution in [0.3, 0.4) is 0 Å². The maximum absolute atomic E-state index is 11.7. The lowest BCUT2D eigenvalue weighted by Gasteiger charge is -2.11. The lowest BCUT2D eigenvalue weighted by molar-refractivity contribution is -0.120. The molecule has 6 heteroatoms. The predicted molar refractivity (Wildman–Crippen MR) is 85.4 cm³/mol. The zero-order chi connectivity index (χ0) is 15.1. The standard InChI is InChI=1S/C15H21ClN4O/c1-2-17-15(19-10-14(21)20-12-7-8-12)18-9-11-5-3-4-6-13(11)16/h3-6,12H,2,7-10H2,1H3,(H,20,21)(H2,17,18,19). The molecule has 0 spiro atoms. The summed E-state index contributed by atoms with van der Waals surface area (Å²) in [6.07, 6.45) is 2.18. The van der Waals surface area contributed by atoms with Crippen LogP contribution in [0.1, 0.15) is 25.3 Å². The Labute approximate surface area is 130 Å². The van der Waals surface area contributed by atoms with Crippen molar-refractivity contribution in [1.29, 1.82) is 0 Å². The highest BCUT2D eigenvalue weighted by Crippen LogP contribution is 2.18. The van der Waals surface area contributed by atoms with Gasteiger partial charge in [-0.15, -0.1) is 0 Å². The third kappa shape index (κ3) is 5.63. The van der Waals surface area contributed by atoms with E-state index in [1.807, 2.05) is 31.2 Å². The van der Waals surface area contributed by atoms with Gasteiger partial charge >= 0.3 is 0 Å². The van der Waals surface area contributed by atoms with E-state index in [0.717, 1.165) is 24.9 Å². The second-order valence-corrected chi connectivity index (χ2v) is 5.39. The smallest absolute Gasteiger partial charge is 0.239 e. The highest BCUT2D eigenvalue weighted by molar-refractivity contribution is 6.31. The van der Waals surface area contributed by atoms with Gasteiger partial charge in [0.2, 0.25) is 5.91 Å². The number of guanidine groups is 1. The van der Waals surface area contributed by atoms with E-state index in [1.54, 1.807) is 0 Å². The number of nitrogens with zero attached hydrogens (tertiary/aromatic N) is 1. The summed E-state index contributed by atoms with van der Waals surface area (Å²) in [5.74, 6) is 0.615. The number of hydrogen-bond donors (Lipinski definition) is 3. The van der Waals surface area contributed by atoms with Crippen LogP contribution in [0.2, 0.25) is 5.02 Å². The summed E-state index contributed by atoms with van der Waals surface area (Å²) in [5.41, 5.74) is 0.957. The van der Waals surface area contributed by atoms with Crippen LogP contribution in [-0.2, 0) is 11.3 Å². The molecule has 1 amide bonds. The molecule has 0 aliphatic heterocycles. The van der Waals surface area contributed by atoms with Crippen molar-refractivity contribution in [3.8, 4) is 0 Å². The quantitative estimate of drug-likeness (QED) is 0.553. The molecule has 114 valence electrons. The first kappa shape index (κ1) is 15.6. The van der Waals surface area contributed by atoms with Crippen molar-refractivity contribution in [2.45, 2.75) is 32.4 Å². The number of aliphatic imine (C=N–C) groups is 1. The zero-order valence-corrected chi connectivity index (χ0v) is 12.9. The Morgan fingerprint density at radius 3 is 2.76 bits per heavy atom. The number of nitrogens with one attached hydrogen (secondary N) is 3. The molecule has 0 bridgehead atoms. The molecule has 0 unspecified atom stereocenters. The molecule has 1 aliphatic carbocycles. The van der Waals surface area contributed by atoms with Gasteiger partial charge in [-0.1, -0.05) is 29.8 Å². The minimum Gasteiger partial charge on any atom is -0.357 e. The number of halogens is 1. The Morgan fingerprint density at radius 2 is 2.10 bits per heavy atom. The Kier molecular flexibility index (Phi) is 5.87. The molecule has 2 rings (SSSR count). The summed E-state index contributed by atoms with van der Waals surface area (Å²) in [6, 6.07) is 7.98. The number of amides is 1. The van der Waals surface area contributed by atoms with Crippen LogP contribution in [-0.4, -0.2) is 31.0 Å². The van der Waals surface area contributed by atoms with Gasteiger partial charge in [0.05, 0.1) is 13.1 Å². The normalized spacial score (nSPS) is 14.7. The molecule has 0 aromatic heterocycles. The number of hydrogen-bond acceptors (Lipinski definition) is 2. The molecule has 3 N–H and O–H groups in total. The van der Waals surface area contributed by atoms with Gasteiger partial charge in [-0.2, -0.15) is 0 Å². The molecular weight excluding hydrogens is 288 g/mol. The zero-order valence-electron chi connectivity index (χ0n) is 12.2. The summed E-state index contributed by atoms with van der Waals surface area (Å²) in [7, 11) is 0. The Balaban J connectivity index is 1.86. The van der Waals surface area contributed by atoms with Gasteiger partial charge in [-0.25, -0.2) is 4.99 Å². The van der Waals surface area contributed by atoms with Crippen LogP contribution < -0.4 is 16.0 Å². The van der Waals surface area contributed by atoms with E-state index in [9.17, 15) is 4.79 Å². The Bertz CT molecular complexity index is 514. The molecule has 0 atom stereocenters. The van der Waals surface area contributed by atoms with E-state index < -0.39 is 0 Å². The third-order valence-corrected chi connectivity index (χ3v) is 3.44. The topological polar surface area (TPSA) is 65.5 Å². The van der Waals surface area contributed by atoms with Crippen LogP contribution >= 0.6 is 11.6 Å². The van der Waals surface area contributed by atoms with Crippen LogP contribution in [0.15, 0.2) is 29.3 Å². The average molecular weight is 309 g/mol. The minimum absolute atomic E-state index is 0.000784. The van der Waals surface area contributed by atoms with E-state index in [0.29, 0.717) is 23.6 Å². The molecule has 0 saturated heterocycles. The maximum atomic E-state index is 11.7. The van der Waals surface area contributed by atoms with Crippen LogP contribution in [0.4, 0.5) is 0 Å². The van der Waals surface area contributed by atoms with Crippen molar-refractivity contribution < 1.29 is 4.79 Å². The summed E-state index contributed by atoms with van der Waals surface area (Å²) in [4.78, 5) is 16.1. The van der Waals surface area contributed by atoms with E-state index >= 15 is 0 Å². The first-order valence-electron chi connectivity index (χ1n) is 7.24. The molecule has 1 aromatic carbocycles. The first-order valence-corrected chi connectivity index (χ1v) is 7.61. The molecule has 1 saturated carbocycles. The van der Waals surface area contributed by atoms with Crippen molar-refractivity contribution in [3.05, 3.63) is 34.9 Å². The fraction of sp³-hybridized carbons (Fsp3) is 0.467. The monoisotopic (exact) mass is 308 g/mol. The molecule has 21 heavy (non-hydrogen) atoms. The van der Waals surface area contributed by atoms with E-state index in [-0.39, 0.29) is 12.5 Å². The van der Waals surface area contributed by atoms with Gasteiger partial charge in [-0.05, 0) is 31.4 Å². The fourth-order valence-electron chi connectivity index (χ4n) is 1.80. The fourth-order valence-corrected chi connectivity index (χ4v) is 2.00. The van der Waals surface area contributed by atoms with Crippen molar-refractivity contribution >= 4 is 23.5 Å². The van der Waals surface area contributed by atoms with Gasteiger partial charge in [0, 0.05) is 17.6 Å². The van der Waals surface area contributed by atoms with E-state index in [1.165, 1.54) is 0 Å². The maximum Gasteiger partial charge on any atom is 0.239 e. The third-order valence-electron chi connectivity index (χ3n) is 3.07. The summed E-state index contributed by atoms with van der Waals surface area (Å²) in [6.45, 7) is 3.42. The summed E-state index contributed by atoms with van der Waals surface area (Å²) < 4.78 is 0. The van der Waals surface area contributed by atoms with Crippen molar-refractivity contribution in [2.75, 3.05) is 13.1 Å². The molecule has 1 fully saturated rings. The average Bonchev–Trinajstić information content (AvgIpc) is 3.27. The van der Waals surface area contributed by atoms with Crippen molar-refractivity contribution in [2.24, 2.45) is 4.99 Å². The lowest BCUT2D eigenvalue weighted by Crippen LogP contribution is -2.43. The van der Waals surface area contributed by atoms with E-state index in [2.05, 4.69) is 20.9 Å². The van der Waals surface area contributed by atoms with Gasteiger partial charge < -0.3 is 16.0 Å². The Morgan fingerprint density at radius 1 is 1.33 bits per heavy atom. The second kappa shape index (κ2) is 7.88. The molecule has 5 nitrogen and oxygen atoms in total. The molecule has 0 radical (unpaired) electrons. The molecular formula is C15H21ClN4O. The van der Waals surface area contributed by atoms with Crippen LogP contribution in [0.5, 0.6) is 0 Å². The number of carbonyl (C=O) groups is 1. The lowest BCUT2D eigenvalue weighted by atomic mass is 10.2. The van der Waals surface area contributed by atoms with Crippen molar-refractivity contribution in [3.63, 3.8) is 0 Å². The SMILES string of the molecule is CCNC(=NCc1ccccc1Cl)NCC(=O)NC1CC1. The van der Waals surface area contributed by atoms with Gasteiger partial charge in [0.1, 0.15) is 0 Å². The molecule has 1 aromatic rings. The highest BCUT2D eigenvalue weighted by Gasteiger charge is 2.22. The number of benzene rings is 1. The first-order chi connectivity index (χ1) is 10.2. The minimum atomic E-state index is 0.000784. The molecule has 0 heterocycles. The largest absolute Gasteiger partial charge is 0.357 e. The van der Waals surface area contributed by atoms with E-state index in [4.69, 9.17) is 11.6 Å². The van der Waals surface area contributed by atoms with Crippen LogP contribution in [0.25, 0.3) is 0 Å². The van der Waals surface area contributed by atoms with Crippen molar-refractivity contribution in [1.82, 2.24) is 16.0 Å². The Hall–Kier alpha value is -1.75. The molecule has 1 aliphatic rings. The highest BCUT2D eigenvalue weighted by atomic mass is 35.5. The van der Waals surface area contributed by atoms with Gasteiger partial charge in [-0.3, -0.25) is 4.79 Å². The summed E-state index contributed by atoms with van der Waals surface area (Å²) >= 11 is 6.10. The van der Waals surface area contributed by atoms with Gasteiger partial charge in [0.15, 0.2) is 5.96 Å². The second-order valence-electron chi connectivity index (χ2n) is 4.98. The number of carbonyl (C=O) groups excluding carboxylic acids is 1. The predicted octanol–water partition coefficient (Wildman–Crippen LogP) is 1.67. The van der Waals surface area contributed by atoms with Gasteiger partial charge in [0.25, 0.3) is 0 Å². The number of rotatable bonds is 6. The summed E-state index contributed by atoms with van der Waals surface area (Å²) in [5, 5.41) is 9.77.